The van der Waals surface area contributed by atoms with Crippen molar-refractivity contribution in [2.45, 2.75) is 85.5 Å². The fourth-order valence-corrected chi connectivity index (χ4v) is 5.35. The third-order valence-electron chi connectivity index (χ3n) is 8.28. The van der Waals surface area contributed by atoms with Crippen LogP contribution in [0.1, 0.15) is 70.7 Å². The van der Waals surface area contributed by atoms with E-state index in [0.29, 0.717) is 53.6 Å². The van der Waals surface area contributed by atoms with Crippen LogP contribution in [-0.2, 0) is 22.4 Å². The van der Waals surface area contributed by atoms with Gasteiger partial charge in [-0.3, -0.25) is 14.8 Å². The topological polar surface area (TPSA) is 94.0 Å². The molecular formula is C34H44FN3O5. The molecule has 0 saturated carbocycles. The van der Waals surface area contributed by atoms with Crippen LogP contribution >= 0.6 is 0 Å². The van der Waals surface area contributed by atoms with Crippen LogP contribution in [0.5, 0.6) is 11.5 Å². The van der Waals surface area contributed by atoms with Crippen LogP contribution in [0.4, 0.5) is 10.1 Å². The maximum absolute atomic E-state index is 13.3. The minimum absolute atomic E-state index is 0.0640. The fourth-order valence-electron chi connectivity index (χ4n) is 5.35. The van der Waals surface area contributed by atoms with Crippen molar-refractivity contribution < 1.29 is 28.5 Å². The molecule has 1 aromatic carbocycles. The second-order valence-electron chi connectivity index (χ2n) is 12.6. The molecule has 8 nitrogen and oxygen atoms in total. The van der Waals surface area contributed by atoms with Crippen LogP contribution in [0.15, 0.2) is 42.7 Å². The Morgan fingerprint density at radius 3 is 2.53 bits per heavy atom. The normalized spacial score (nSPS) is 16.7. The summed E-state index contributed by atoms with van der Waals surface area (Å²) in [6.45, 7) is 13.7. The van der Waals surface area contributed by atoms with Crippen LogP contribution in [0.3, 0.4) is 0 Å². The number of ether oxygens (including phenoxy) is 3. The second kappa shape index (κ2) is 13.3. The quantitative estimate of drug-likeness (QED) is 0.240. The number of carbonyl (C=O) groups is 1. The Bertz CT molecular complexity index is 1420. The van der Waals surface area contributed by atoms with E-state index >= 15 is 0 Å². The summed E-state index contributed by atoms with van der Waals surface area (Å²) in [5.41, 5.74) is 4.05. The number of methoxy groups -OCH3 is 1. The first-order chi connectivity index (χ1) is 20.3. The van der Waals surface area contributed by atoms with E-state index in [9.17, 15) is 14.3 Å². The zero-order valence-electron chi connectivity index (χ0n) is 26.4. The van der Waals surface area contributed by atoms with Gasteiger partial charge in [-0.25, -0.2) is 4.39 Å². The maximum Gasteiger partial charge on any atom is 0.307 e. The summed E-state index contributed by atoms with van der Waals surface area (Å²) in [5, 5.41) is 9.90. The Hall–Kier alpha value is -3.72. The first-order valence-corrected chi connectivity index (χ1v) is 14.9. The Balaban J connectivity index is 1.74. The van der Waals surface area contributed by atoms with Gasteiger partial charge in [-0.2, -0.15) is 0 Å². The molecule has 1 aliphatic heterocycles. The lowest BCUT2D eigenvalue weighted by molar-refractivity contribution is -0.136. The van der Waals surface area contributed by atoms with Crippen LogP contribution in [0.2, 0.25) is 0 Å². The van der Waals surface area contributed by atoms with Gasteiger partial charge in [-0.15, -0.1) is 0 Å². The molecule has 0 amide bonds. The lowest BCUT2D eigenvalue weighted by Gasteiger charge is -2.47. The van der Waals surface area contributed by atoms with Gasteiger partial charge in [0, 0.05) is 42.0 Å². The third-order valence-corrected chi connectivity index (χ3v) is 8.28. The fraction of sp³-hybridized carbons (Fsp3) is 0.500. The molecule has 0 bridgehead atoms. The smallest absolute Gasteiger partial charge is 0.307 e. The van der Waals surface area contributed by atoms with E-state index in [1.807, 2.05) is 6.92 Å². The summed E-state index contributed by atoms with van der Waals surface area (Å²) >= 11 is 0. The van der Waals surface area contributed by atoms with Crippen LogP contribution < -0.4 is 14.4 Å². The Morgan fingerprint density at radius 1 is 1.16 bits per heavy atom. The van der Waals surface area contributed by atoms with Crippen molar-refractivity contribution in [3.63, 3.8) is 0 Å². The summed E-state index contributed by atoms with van der Waals surface area (Å²) in [7, 11) is 1.57. The number of hydrogen-bond acceptors (Lipinski definition) is 7. The monoisotopic (exact) mass is 593 g/mol. The molecule has 43 heavy (non-hydrogen) atoms. The molecule has 9 heteroatoms. The van der Waals surface area contributed by atoms with Gasteiger partial charge in [0.25, 0.3) is 0 Å². The van der Waals surface area contributed by atoms with Gasteiger partial charge >= 0.3 is 5.97 Å². The van der Waals surface area contributed by atoms with Crippen molar-refractivity contribution in [2.75, 3.05) is 25.2 Å². The predicted octanol–water partition coefficient (Wildman–Crippen LogP) is 7.01. The number of benzene rings is 1. The molecule has 0 spiro atoms. The number of carboxylic acids is 1. The average molecular weight is 594 g/mol. The molecule has 3 heterocycles. The van der Waals surface area contributed by atoms with Crippen LogP contribution in [0.25, 0.3) is 11.3 Å². The first-order valence-electron chi connectivity index (χ1n) is 14.9. The van der Waals surface area contributed by atoms with E-state index in [-0.39, 0.29) is 29.5 Å². The summed E-state index contributed by atoms with van der Waals surface area (Å²) in [6.07, 6.45) is 6.09. The highest BCUT2D eigenvalue weighted by Gasteiger charge is 2.39. The van der Waals surface area contributed by atoms with Crippen molar-refractivity contribution >= 4 is 11.7 Å². The molecule has 2 aromatic heterocycles. The van der Waals surface area contributed by atoms with Crippen LogP contribution in [0, 0.1) is 18.2 Å². The van der Waals surface area contributed by atoms with Crippen LogP contribution in [-0.4, -0.2) is 53.1 Å². The summed E-state index contributed by atoms with van der Waals surface area (Å²) < 4.78 is 31.7. The largest absolute Gasteiger partial charge is 0.493 e. The standard InChI is InChI=1S/C34H44FN3O5/c1-8-34(5,6)43-30-19-33(3,4)14-15-38(30)32-25(17-31(39)40)22(2)36-20-26(32)27-18-28(41-7)29(21-37-27)42-16-13-23-9-11-24(35)12-10-23/h9-12,18,20-21,30H,8,13-17,19H2,1-7H3,(H,39,40). The van der Waals surface area contributed by atoms with Crippen molar-refractivity contribution in [3.8, 4) is 22.8 Å². The molecule has 1 unspecified atom stereocenters. The van der Waals surface area contributed by atoms with Gasteiger partial charge in [0.15, 0.2) is 11.5 Å². The Morgan fingerprint density at radius 2 is 1.88 bits per heavy atom. The molecule has 232 valence electrons. The van der Waals surface area contributed by atoms with Gasteiger partial charge in [-0.05, 0) is 63.1 Å². The zero-order valence-corrected chi connectivity index (χ0v) is 26.4. The Kier molecular flexibility index (Phi) is 9.95. The molecule has 1 fully saturated rings. The van der Waals surface area contributed by atoms with Crippen molar-refractivity contribution in [1.82, 2.24) is 9.97 Å². The first kappa shape index (κ1) is 32.2. The average Bonchev–Trinajstić information content (AvgIpc) is 2.95. The van der Waals surface area contributed by atoms with Crippen molar-refractivity contribution in [2.24, 2.45) is 5.41 Å². The number of anilines is 1. The number of hydrogen-bond donors (Lipinski definition) is 1. The number of aliphatic carboxylic acids is 1. The summed E-state index contributed by atoms with van der Waals surface area (Å²) in [4.78, 5) is 23.6. The number of piperidine rings is 1. The molecule has 4 rings (SSSR count). The number of carboxylic acid groups (broad SMARTS) is 1. The highest BCUT2D eigenvalue weighted by Crippen LogP contribution is 2.44. The molecule has 0 radical (unpaired) electrons. The van der Waals surface area contributed by atoms with Gasteiger partial charge in [0.2, 0.25) is 0 Å². The molecule has 1 aliphatic rings. The Labute approximate surface area is 254 Å². The lowest BCUT2D eigenvalue weighted by Crippen LogP contribution is -2.50. The summed E-state index contributed by atoms with van der Waals surface area (Å²) in [6, 6.07) is 8.13. The SMILES string of the molecule is CCC(C)(C)OC1CC(C)(C)CCN1c1c(-c2cc(OC)c(OCCc3ccc(F)cc3)cn2)cnc(C)c1CC(=O)O. The van der Waals surface area contributed by atoms with E-state index in [1.165, 1.54) is 12.1 Å². The van der Waals surface area contributed by atoms with Gasteiger partial charge < -0.3 is 24.2 Å². The maximum atomic E-state index is 13.3. The van der Waals surface area contributed by atoms with E-state index in [2.05, 4.69) is 44.5 Å². The van der Waals surface area contributed by atoms with E-state index in [1.54, 1.807) is 37.7 Å². The van der Waals surface area contributed by atoms with E-state index in [4.69, 9.17) is 19.2 Å². The third kappa shape index (κ3) is 8.02. The molecule has 1 saturated heterocycles. The number of rotatable bonds is 12. The van der Waals surface area contributed by atoms with Gasteiger partial charge in [0.1, 0.15) is 12.0 Å². The number of halogens is 1. The lowest BCUT2D eigenvalue weighted by atomic mass is 9.80. The molecular weight excluding hydrogens is 549 g/mol. The van der Waals surface area contributed by atoms with Gasteiger partial charge in [0.05, 0.1) is 43.3 Å². The van der Waals surface area contributed by atoms with Crippen molar-refractivity contribution in [3.05, 3.63) is 65.4 Å². The molecule has 1 N–H and O–H groups in total. The number of pyridine rings is 2. The second-order valence-corrected chi connectivity index (χ2v) is 12.6. The minimum atomic E-state index is -0.928. The summed E-state index contributed by atoms with van der Waals surface area (Å²) in [5.74, 6) is -0.230. The highest BCUT2D eigenvalue weighted by molar-refractivity contribution is 5.84. The van der Waals surface area contributed by atoms with E-state index < -0.39 is 5.97 Å². The number of aromatic nitrogens is 2. The van der Waals surface area contributed by atoms with E-state index in [0.717, 1.165) is 30.5 Å². The zero-order chi connectivity index (χ0) is 31.4. The molecule has 1 atom stereocenters. The molecule has 3 aromatic rings. The van der Waals surface area contributed by atoms with Gasteiger partial charge in [-0.1, -0.05) is 32.9 Å². The van der Waals surface area contributed by atoms with Crippen molar-refractivity contribution in [1.29, 1.82) is 0 Å². The highest BCUT2D eigenvalue weighted by atomic mass is 19.1. The minimum Gasteiger partial charge on any atom is -0.493 e. The molecule has 0 aliphatic carbocycles. The predicted molar refractivity (Wildman–Crippen MR) is 165 cm³/mol. The number of nitrogens with zero attached hydrogens (tertiary/aromatic N) is 3. The number of aryl methyl sites for hydroxylation is 1.